The molecule has 0 saturated heterocycles. The van der Waals surface area contributed by atoms with Gasteiger partial charge in [0.2, 0.25) is 0 Å². The SMILES string of the molecule is CC.CC(C)(C)OC(=O)NCCCn1cc([N+](=O)[O-])cn1. The summed E-state index contributed by atoms with van der Waals surface area (Å²) in [6.07, 6.45) is 2.69. The fourth-order valence-corrected chi connectivity index (χ4v) is 1.31. The fraction of sp³-hybridized carbons (Fsp3) is 0.692. The third-order valence-electron chi connectivity index (χ3n) is 2.06. The van der Waals surface area contributed by atoms with Gasteiger partial charge in [-0.2, -0.15) is 5.10 Å². The monoisotopic (exact) mass is 300 g/mol. The molecule has 0 aliphatic rings. The third kappa shape index (κ3) is 8.61. The Bertz CT molecular complexity index is 451. The summed E-state index contributed by atoms with van der Waals surface area (Å²) in [6.45, 7) is 10.3. The lowest BCUT2D eigenvalue weighted by atomic mass is 10.2. The zero-order chi connectivity index (χ0) is 16.5. The van der Waals surface area contributed by atoms with Gasteiger partial charge in [0.05, 0.1) is 4.92 Å². The lowest BCUT2D eigenvalue weighted by Gasteiger charge is -2.19. The molecule has 0 bridgehead atoms. The number of aryl methyl sites for hydroxylation is 1. The summed E-state index contributed by atoms with van der Waals surface area (Å²) in [4.78, 5) is 21.3. The average molecular weight is 300 g/mol. The predicted octanol–water partition coefficient (Wildman–Crippen LogP) is 2.73. The van der Waals surface area contributed by atoms with Crippen LogP contribution in [-0.4, -0.2) is 32.9 Å². The molecule has 1 rings (SSSR count). The van der Waals surface area contributed by atoms with Crippen molar-refractivity contribution >= 4 is 11.8 Å². The summed E-state index contributed by atoms with van der Waals surface area (Å²) >= 11 is 0. The van der Waals surface area contributed by atoms with Gasteiger partial charge >= 0.3 is 11.8 Å². The van der Waals surface area contributed by atoms with E-state index in [1.54, 1.807) is 20.8 Å². The number of alkyl carbamates (subject to hydrolysis) is 1. The molecule has 1 heterocycles. The van der Waals surface area contributed by atoms with Crippen molar-refractivity contribution in [2.24, 2.45) is 0 Å². The number of rotatable bonds is 5. The lowest BCUT2D eigenvalue weighted by molar-refractivity contribution is -0.385. The van der Waals surface area contributed by atoms with Gasteiger partial charge in [-0.05, 0) is 27.2 Å². The van der Waals surface area contributed by atoms with Gasteiger partial charge in [-0.1, -0.05) is 13.8 Å². The molecule has 0 aromatic carbocycles. The molecule has 1 N–H and O–H groups in total. The third-order valence-corrected chi connectivity index (χ3v) is 2.06. The number of hydrogen-bond acceptors (Lipinski definition) is 5. The minimum atomic E-state index is -0.521. The second-order valence-corrected chi connectivity index (χ2v) is 5.00. The number of nitrogens with one attached hydrogen (secondary N) is 1. The van der Waals surface area contributed by atoms with Crippen LogP contribution in [0.1, 0.15) is 41.0 Å². The molecule has 120 valence electrons. The molecule has 1 amide bonds. The molecule has 8 nitrogen and oxygen atoms in total. The van der Waals surface area contributed by atoms with Crippen molar-refractivity contribution in [2.75, 3.05) is 6.54 Å². The summed E-state index contributed by atoms with van der Waals surface area (Å²) in [5.41, 5.74) is -0.563. The molecule has 1 aromatic rings. The van der Waals surface area contributed by atoms with Crippen molar-refractivity contribution in [1.29, 1.82) is 0 Å². The molecule has 1 aromatic heterocycles. The number of nitro groups is 1. The average Bonchev–Trinajstić information content (AvgIpc) is 2.84. The number of nitrogens with zero attached hydrogens (tertiary/aromatic N) is 3. The molecule has 0 radical (unpaired) electrons. The topological polar surface area (TPSA) is 99.3 Å². The van der Waals surface area contributed by atoms with Crippen LogP contribution in [0.15, 0.2) is 12.4 Å². The first-order valence-corrected chi connectivity index (χ1v) is 6.91. The summed E-state index contributed by atoms with van der Waals surface area (Å²) in [6, 6.07) is 0. The smallest absolute Gasteiger partial charge is 0.407 e. The molecule has 8 heteroatoms. The van der Waals surface area contributed by atoms with Crippen LogP contribution in [0, 0.1) is 10.1 Å². The van der Waals surface area contributed by atoms with Crippen molar-refractivity contribution in [3.8, 4) is 0 Å². The highest BCUT2D eigenvalue weighted by Crippen LogP contribution is 2.08. The molecule has 0 aliphatic carbocycles. The summed E-state index contributed by atoms with van der Waals surface area (Å²) < 4.78 is 6.53. The molecule has 0 fully saturated rings. The van der Waals surface area contributed by atoms with Crippen molar-refractivity contribution in [3.05, 3.63) is 22.5 Å². The van der Waals surface area contributed by atoms with Crippen LogP contribution in [0.4, 0.5) is 10.5 Å². The zero-order valence-electron chi connectivity index (χ0n) is 13.3. The molecule has 0 unspecified atom stereocenters. The Balaban J connectivity index is 0.00000191. The van der Waals surface area contributed by atoms with Crippen LogP contribution in [0.25, 0.3) is 0 Å². The summed E-state index contributed by atoms with van der Waals surface area (Å²) in [5, 5.41) is 16.9. The minimum absolute atomic E-state index is 0.0416. The Hall–Kier alpha value is -2.12. The van der Waals surface area contributed by atoms with E-state index in [0.717, 1.165) is 0 Å². The number of carbonyl (C=O) groups is 1. The highest BCUT2D eigenvalue weighted by molar-refractivity contribution is 5.67. The quantitative estimate of drug-likeness (QED) is 0.512. The molecule has 0 aliphatic heterocycles. The van der Waals surface area contributed by atoms with E-state index in [1.165, 1.54) is 17.1 Å². The van der Waals surface area contributed by atoms with E-state index < -0.39 is 16.6 Å². The van der Waals surface area contributed by atoms with Gasteiger partial charge in [0.25, 0.3) is 0 Å². The van der Waals surface area contributed by atoms with Crippen LogP contribution in [0.5, 0.6) is 0 Å². The normalized spacial score (nSPS) is 10.3. The van der Waals surface area contributed by atoms with E-state index >= 15 is 0 Å². The number of hydrogen-bond donors (Lipinski definition) is 1. The Morgan fingerprint density at radius 3 is 2.57 bits per heavy atom. The van der Waals surface area contributed by atoms with Gasteiger partial charge in [0.15, 0.2) is 0 Å². The van der Waals surface area contributed by atoms with Crippen molar-refractivity contribution in [1.82, 2.24) is 15.1 Å². The first-order chi connectivity index (χ1) is 9.78. The maximum absolute atomic E-state index is 11.3. The highest BCUT2D eigenvalue weighted by Gasteiger charge is 2.15. The van der Waals surface area contributed by atoms with Gasteiger partial charge in [-0.15, -0.1) is 0 Å². The van der Waals surface area contributed by atoms with Gasteiger partial charge in [-0.3, -0.25) is 14.8 Å². The molecule has 21 heavy (non-hydrogen) atoms. The molecule has 0 atom stereocenters. The van der Waals surface area contributed by atoms with Crippen LogP contribution in [0.2, 0.25) is 0 Å². The lowest BCUT2D eigenvalue weighted by Crippen LogP contribution is -2.33. The fourth-order valence-electron chi connectivity index (χ4n) is 1.31. The van der Waals surface area contributed by atoms with E-state index in [1.807, 2.05) is 13.8 Å². The van der Waals surface area contributed by atoms with Gasteiger partial charge < -0.3 is 10.1 Å². The van der Waals surface area contributed by atoms with E-state index in [4.69, 9.17) is 4.74 Å². The molecular weight excluding hydrogens is 276 g/mol. The second-order valence-electron chi connectivity index (χ2n) is 5.00. The Labute approximate surface area is 124 Å². The van der Waals surface area contributed by atoms with Crippen molar-refractivity contribution in [3.63, 3.8) is 0 Å². The second kappa shape index (κ2) is 8.93. The van der Waals surface area contributed by atoms with E-state index in [-0.39, 0.29) is 5.69 Å². The highest BCUT2D eigenvalue weighted by atomic mass is 16.6. The number of carbonyl (C=O) groups excluding carboxylic acids is 1. The zero-order valence-corrected chi connectivity index (χ0v) is 13.3. The minimum Gasteiger partial charge on any atom is -0.444 e. The largest absolute Gasteiger partial charge is 0.444 e. The maximum Gasteiger partial charge on any atom is 0.407 e. The van der Waals surface area contributed by atoms with Crippen molar-refractivity contribution in [2.45, 2.75) is 53.2 Å². The first kappa shape index (κ1) is 18.9. The number of amides is 1. The van der Waals surface area contributed by atoms with Crippen LogP contribution < -0.4 is 5.32 Å². The molecule has 0 spiro atoms. The number of ether oxygens (including phenoxy) is 1. The van der Waals surface area contributed by atoms with Crippen LogP contribution in [-0.2, 0) is 11.3 Å². The predicted molar refractivity (Wildman–Crippen MR) is 79.1 cm³/mol. The van der Waals surface area contributed by atoms with Crippen LogP contribution in [0.3, 0.4) is 0 Å². The van der Waals surface area contributed by atoms with Gasteiger partial charge in [0, 0.05) is 13.1 Å². The molecule has 0 saturated carbocycles. The van der Waals surface area contributed by atoms with Crippen LogP contribution >= 0.6 is 0 Å². The van der Waals surface area contributed by atoms with Crippen molar-refractivity contribution < 1.29 is 14.5 Å². The maximum atomic E-state index is 11.3. The standard InChI is InChI=1S/C11H18N4O4.C2H6/c1-11(2,3)19-10(16)12-5-4-6-14-8-9(7-13-14)15(17)18;1-2/h7-8H,4-6H2,1-3H3,(H,12,16);1-2H3. The Morgan fingerprint density at radius 2 is 2.10 bits per heavy atom. The van der Waals surface area contributed by atoms with E-state index in [9.17, 15) is 14.9 Å². The first-order valence-electron chi connectivity index (χ1n) is 6.91. The Kier molecular flexibility index (Phi) is 8.03. The summed E-state index contributed by atoms with van der Waals surface area (Å²) in [5.74, 6) is 0. The molecular formula is C13H24N4O4. The van der Waals surface area contributed by atoms with E-state index in [2.05, 4.69) is 10.4 Å². The van der Waals surface area contributed by atoms with Gasteiger partial charge in [0.1, 0.15) is 18.0 Å². The Morgan fingerprint density at radius 1 is 1.48 bits per heavy atom. The number of aromatic nitrogens is 2. The van der Waals surface area contributed by atoms with E-state index in [0.29, 0.717) is 19.5 Å². The van der Waals surface area contributed by atoms with Gasteiger partial charge in [-0.25, -0.2) is 4.79 Å². The summed E-state index contributed by atoms with van der Waals surface area (Å²) in [7, 11) is 0.